The van der Waals surface area contributed by atoms with Gasteiger partial charge in [-0.1, -0.05) is 0 Å². The summed E-state index contributed by atoms with van der Waals surface area (Å²) in [6, 6.07) is 1.83. The van der Waals surface area contributed by atoms with Gasteiger partial charge in [0.2, 0.25) is 5.91 Å². The summed E-state index contributed by atoms with van der Waals surface area (Å²) in [6.07, 6.45) is 3.38. The minimum Gasteiger partial charge on any atom is -0.365 e. The SMILES string of the molecule is Cc1cc(C(N)=O)c(N2CCC3(CCC(=O)N3C)CC2)nc1C. The van der Waals surface area contributed by atoms with E-state index in [4.69, 9.17) is 5.73 Å². The maximum absolute atomic E-state index is 11.9. The van der Waals surface area contributed by atoms with Crippen LogP contribution in [0.25, 0.3) is 0 Å². The van der Waals surface area contributed by atoms with Crippen molar-refractivity contribution in [2.75, 3.05) is 25.0 Å². The Morgan fingerprint density at radius 3 is 2.43 bits per heavy atom. The van der Waals surface area contributed by atoms with E-state index in [9.17, 15) is 9.59 Å². The minimum absolute atomic E-state index is 0.0137. The second-order valence-corrected chi connectivity index (χ2v) is 6.79. The van der Waals surface area contributed by atoms with Gasteiger partial charge in [0.15, 0.2) is 0 Å². The van der Waals surface area contributed by atoms with E-state index in [1.165, 1.54) is 0 Å². The number of carbonyl (C=O) groups is 2. The van der Waals surface area contributed by atoms with Crippen molar-refractivity contribution in [1.82, 2.24) is 9.88 Å². The molecule has 3 rings (SSSR count). The lowest BCUT2D eigenvalue weighted by atomic mass is 9.85. The fourth-order valence-corrected chi connectivity index (χ4v) is 3.77. The molecule has 1 spiro atoms. The third kappa shape index (κ3) is 2.56. The van der Waals surface area contributed by atoms with Crippen molar-refractivity contribution in [1.29, 1.82) is 0 Å². The van der Waals surface area contributed by atoms with Gasteiger partial charge < -0.3 is 15.5 Å². The predicted octanol–water partition coefficient (Wildman–Crippen LogP) is 1.39. The van der Waals surface area contributed by atoms with Crippen molar-refractivity contribution in [2.24, 2.45) is 5.73 Å². The molecule has 1 aromatic heterocycles. The maximum atomic E-state index is 11.9. The van der Waals surface area contributed by atoms with Gasteiger partial charge in [0.05, 0.1) is 5.56 Å². The number of rotatable bonds is 2. The van der Waals surface area contributed by atoms with E-state index < -0.39 is 5.91 Å². The van der Waals surface area contributed by atoms with Crippen molar-refractivity contribution < 1.29 is 9.59 Å². The van der Waals surface area contributed by atoms with Crippen LogP contribution >= 0.6 is 0 Å². The molecular weight excluding hydrogens is 292 g/mol. The molecule has 2 fully saturated rings. The normalized spacial score (nSPS) is 20.4. The molecule has 3 heterocycles. The molecule has 2 amide bonds. The molecule has 0 aromatic carbocycles. The van der Waals surface area contributed by atoms with Gasteiger partial charge in [-0.25, -0.2) is 4.98 Å². The van der Waals surface area contributed by atoms with Crippen molar-refractivity contribution in [3.05, 3.63) is 22.9 Å². The summed E-state index contributed by atoms with van der Waals surface area (Å²) in [6.45, 7) is 5.45. The summed E-state index contributed by atoms with van der Waals surface area (Å²) in [5.41, 5.74) is 7.89. The Morgan fingerprint density at radius 2 is 1.91 bits per heavy atom. The van der Waals surface area contributed by atoms with Gasteiger partial charge in [-0.05, 0) is 44.7 Å². The van der Waals surface area contributed by atoms with E-state index in [1.54, 1.807) is 0 Å². The lowest BCUT2D eigenvalue weighted by Gasteiger charge is -2.44. The molecule has 0 aliphatic carbocycles. The van der Waals surface area contributed by atoms with Crippen LogP contribution in [0.5, 0.6) is 0 Å². The summed E-state index contributed by atoms with van der Waals surface area (Å²) in [5, 5.41) is 0. The number of anilines is 1. The number of primary amides is 1. The monoisotopic (exact) mass is 316 g/mol. The molecule has 2 N–H and O–H groups in total. The second-order valence-electron chi connectivity index (χ2n) is 6.79. The molecule has 2 aliphatic heterocycles. The zero-order valence-electron chi connectivity index (χ0n) is 14.1. The van der Waals surface area contributed by atoms with Crippen LogP contribution in [0, 0.1) is 13.8 Å². The summed E-state index contributed by atoms with van der Waals surface area (Å²) in [5.74, 6) is 0.479. The van der Waals surface area contributed by atoms with Crippen molar-refractivity contribution in [3.63, 3.8) is 0 Å². The number of carbonyl (C=O) groups excluding carboxylic acids is 2. The van der Waals surface area contributed by atoms with Gasteiger partial charge in [0.1, 0.15) is 5.82 Å². The van der Waals surface area contributed by atoms with Crippen molar-refractivity contribution in [2.45, 2.75) is 45.1 Å². The quantitative estimate of drug-likeness (QED) is 0.894. The average Bonchev–Trinajstić information content (AvgIpc) is 2.79. The molecule has 23 heavy (non-hydrogen) atoms. The molecule has 2 aliphatic rings. The summed E-state index contributed by atoms with van der Waals surface area (Å²) in [4.78, 5) is 32.3. The Morgan fingerprint density at radius 1 is 1.26 bits per heavy atom. The molecule has 6 nitrogen and oxygen atoms in total. The Hall–Kier alpha value is -2.11. The average molecular weight is 316 g/mol. The van der Waals surface area contributed by atoms with Gasteiger partial charge >= 0.3 is 0 Å². The van der Waals surface area contributed by atoms with Crippen LogP contribution in [0.15, 0.2) is 6.07 Å². The Kier molecular flexibility index (Phi) is 3.78. The molecule has 6 heteroatoms. The zero-order chi connectivity index (χ0) is 16.8. The molecule has 0 atom stereocenters. The van der Waals surface area contributed by atoms with Crippen LogP contribution in [0.2, 0.25) is 0 Å². The van der Waals surface area contributed by atoms with E-state index in [-0.39, 0.29) is 11.4 Å². The van der Waals surface area contributed by atoms with Gasteiger partial charge in [-0.2, -0.15) is 0 Å². The number of nitrogens with zero attached hydrogens (tertiary/aromatic N) is 3. The third-order valence-corrected chi connectivity index (χ3v) is 5.60. The molecule has 1 aromatic rings. The lowest BCUT2D eigenvalue weighted by molar-refractivity contribution is -0.130. The number of nitrogens with two attached hydrogens (primary N) is 1. The highest BCUT2D eigenvalue weighted by molar-refractivity contribution is 5.98. The number of likely N-dealkylation sites (tertiary alicyclic amines) is 1. The van der Waals surface area contributed by atoms with Gasteiger partial charge in [0.25, 0.3) is 5.91 Å². The van der Waals surface area contributed by atoms with E-state index in [0.717, 1.165) is 43.6 Å². The molecule has 0 saturated carbocycles. The number of piperidine rings is 1. The highest BCUT2D eigenvalue weighted by Gasteiger charge is 2.45. The summed E-state index contributed by atoms with van der Waals surface area (Å²) >= 11 is 0. The Bertz CT molecular complexity index is 663. The topological polar surface area (TPSA) is 79.5 Å². The fraction of sp³-hybridized carbons (Fsp3) is 0.588. The Balaban J connectivity index is 1.84. The smallest absolute Gasteiger partial charge is 0.252 e. The standard InChI is InChI=1S/C17H24N4O2/c1-11-10-13(15(18)23)16(19-12(11)2)21-8-6-17(7-9-21)5-4-14(22)20(17)3/h10H,4-9H2,1-3H3,(H2,18,23). The summed E-state index contributed by atoms with van der Waals surface area (Å²) in [7, 11) is 1.91. The van der Waals surface area contributed by atoms with Crippen LogP contribution in [0.4, 0.5) is 5.82 Å². The first-order valence-electron chi connectivity index (χ1n) is 8.14. The highest BCUT2D eigenvalue weighted by atomic mass is 16.2. The molecule has 2 saturated heterocycles. The number of hydrogen-bond acceptors (Lipinski definition) is 4. The first kappa shape index (κ1) is 15.8. The van der Waals surface area contributed by atoms with Crippen LogP contribution in [-0.4, -0.2) is 47.4 Å². The number of aromatic nitrogens is 1. The maximum Gasteiger partial charge on any atom is 0.252 e. The van der Waals surface area contributed by atoms with E-state index >= 15 is 0 Å². The van der Waals surface area contributed by atoms with E-state index in [0.29, 0.717) is 17.8 Å². The van der Waals surface area contributed by atoms with E-state index in [1.807, 2.05) is 31.9 Å². The van der Waals surface area contributed by atoms with Crippen LogP contribution in [0.1, 0.15) is 47.3 Å². The van der Waals surface area contributed by atoms with Gasteiger partial charge in [0, 0.05) is 37.8 Å². The molecule has 124 valence electrons. The van der Waals surface area contributed by atoms with E-state index in [2.05, 4.69) is 9.88 Å². The van der Waals surface area contributed by atoms with Crippen LogP contribution in [-0.2, 0) is 4.79 Å². The zero-order valence-corrected chi connectivity index (χ0v) is 14.1. The Labute approximate surface area is 136 Å². The van der Waals surface area contributed by atoms with Gasteiger partial charge in [-0.3, -0.25) is 9.59 Å². The molecule has 0 bridgehead atoms. The molecule has 0 radical (unpaired) electrons. The van der Waals surface area contributed by atoms with Crippen molar-refractivity contribution >= 4 is 17.6 Å². The lowest BCUT2D eigenvalue weighted by Crippen LogP contribution is -2.52. The van der Waals surface area contributed by atoms with Gasteiger partial charge in [-0.15, -0.1) is 0 Å². The van der Waals surface area contributed by atoms with Crippen LogP contribution < -0.4 is 10.6 Å². The van der Waals surface area contributed by atoms with Crippen molar-refractivity contribution in [3.8, 4) is 0 Å². The summed E-state index contributed by atoms with van der Waals surface area (Å²) < 4.78 is 0. The highest BCUT2D eigenvalue weighted by Crippen LogP contribution is 2.39. The predicted molar refractivity (Wildman–Crippen MR) is 88.4 cm³/mol. The fourth-order valence-electron chi connectivity index (χ4n) is 3.77. The molecular formula is C17H24N4O2. The number of hydrogen-bond donors (Lipinski definition) is 1. The van der Waals surface area contributed by atoms with Crippen LogP contribution in [0.3, 0.4) is 0 Å². The second kappa shape index (κ2) is 5.51. The first-order chi connectivity index (χ1) is 10.8. The largest absolute Gasteiger partial charge is 0.365 e. The molecule has 0 unspecified atom stereocenters. The number of aryl methyl sites for hydroxylation is 2. The minimum atomic E-state index is -0.441. The first-order valence-corrected chi connectivity index (χ1v) is 8.14. The number of amides is 2. The third-order valence-electron chi connectivity index (χ3n) is 5.60. The number of pyridine rings is 1.